The molecule has 0 spiro atoms. The van der Waals surface area contributed by atoms with E-state index in [-0.39, 0.29) is 0 Å². The molecule has 0 bridgehead atoms. The molecule has 2 aromatic rings. The molecule has 2 nitrogen and oxygen atoms in total. The van der Waals surface area contributed by atoms with Crippen LogP contribution >= 0.6 is 22.9 Å². The number of pyridine rings is 1. The standard InChI is InChI=1S/C11H8ClNOS/c1-7-8(11(12)14)4-5-9(13-7)10-3-2-6-15-10/h2-6H,1H3. The van der Waals surface area contributed by atoms with Crippen LogP contribution in [0.4, 0.5) is 0 Å². The maximum Gasteiger partial charge on any atom is 0.254 e. The second kappa shape index (κ2) is 4.13. The van der Waals surface area contributed by atoms with Crippen molar-refractivity contribution in [1.29, 1.82) is 0 Å². The van der Waals surface area contributed by atoms with Gasteiger partial charge in [-0.1, -0.05) is 6.07 Å². The summed E-state index contributed by atoms with van der Waals surface area (Å²) in [5.74, 6) is 0. The molecule has 0 amide bonds. The van der Waals surface area contributed by atoms with Gasteiger partial charge in [-0.25, -0.2) is 0 Å². The van der Waals surface area contributed by atoms with E-state index in [1.807, 2.05) is 23.6 Å². The van der Waals surface area contributed by atoms with Crippen LogP contribution in [0.5, 0.6) is 0 Å². The van der Waals surface area contributed by atoms with Crippen molar-refractivity contribution in [2.75, 3.05) is 0 Å². The molecule has 0 aliphatic heterocycles. The lowest BCUT2D eigenvalue weighted by Gasteiger charge is -2.02. The fourth-order valence-corrected chi connectivity index (χ4v) is 2.23. The molecule has 4 heteroatoms. The number of hydrogen-bond acceptors (Lipinski definition) is 3. The van der Waals surface area contributed by atoms with Gasteiger partial charge in [0.25, 0.3) is 5.24 Å². The molecule has 0 aromatic carbocycles. The van der Waals surface area contributed by atoms with Crippen LogP contribution in [0.2, 0.25) is 0 Å². The number of hydrogen-bond donors (Lipinski definition) is 0. The smallest absolute Gasteiger partial charge is 0.254 e. The third-order valence-corrected chi connectivity index (χ3v) is 3.17. The van der Waals surface area contributed by atoms with Crippen LogP contribution in [-0.2, 0) is 0 Å². The summed E-state index contributed by atoms with van der Waals surface area (Å²) in [4.78, 5) is 16.4. The minimum atomic E-state index is -0.460. The fourth-order valence-electron chi connectivity index (χ4n) is 1.33. The van der Waals surface area contributed by atoms with Gasteiger partial charge in [0.2, 0.25) is 0 Å². The van der Waals surface area contributed by atoms with Crippen LogP contribution in [0.25, 0.3) is 10.6 Å². The average Bonchev–Trinajstić information content (AvgIpc) is 2.69. The largest absolute Gasteiger partial charge is 0.276 e. The highest BCUT2D eigenvalue weighted by atomic mass is 35.5. The Bertz CT molecular complexity index is 493. The van der Waals surface area contributed by atoms with Crippen molar-refractivity contribution in [3.8, 4) is 10.6 Å². The minimum Gasteiger partial charge on any atom is -0.276 e. The lowest BCUT2D eigenvalue weighted by Crippen LogP contribution is -1.96. The van der Waals surface area contributed by atoms with E-state index < -0.39 is 5.24 Å². The number of carbonyl (C=O) groups excluding carboxylic acids is 1. The molecule has 0 atom stereocenters. The third kappa shape index (κ3) is 2.08. The van der Waals surface area contributed by atoms with E-state index in [4.69, 9.17) is 11.6 Å². The van der Waals surface area contributed by atoms with E-state index in [9.17, 15) is 4.79 Å². The Morgan fingerprint density at radius 3 is 2.73 bits per heavy atom. The number of nitrogens with zero attached hydrogens (tertiary/aromatic N) is 1. The first kappa shape index (κ1) is 10.3. The first-order valence-corrected chi connectivity index (χ1v) is 5.65. The minimum absolute atomic E-state index is 0.460. The van der Waals surface area contributed by atoms with E-state index in [2.05, 4.69) is 4.98 Å². The summed E-state index contributed by atoms with van der Waals surface area (Å²) in [6.07, 6.45) is 0. The Morgan fingerprint density at radius 2 is 2.20 bits per heavy atom. The monoisotopic (exact) mass is 237 g/mol. The Hall–Kier alpha value is -1.19. The number of carbonyl (C=O) groups is 1. The van der Waals surface area contributed by atoms with Crippen LogP contribution in [-0.4, -0.2) is 10.2 Å². The van der Waals surface area contributed by atoms with Gasteiger partial charge in [-0.05, 0) is 42.1 Å². The first-order chi connectivity index (χ1) is 7.18. The molecule has 2 aromatic heterocycles. The van der Waals surface area contributed by atoms with Crippen LogP contribution in [0, 0.1) is 6.92 Å². The summed E-state index contributed by atoms with van der Waals surface area (Å²) in [6, 6.07) is 7.49. The molecule has 0 aliphatic carbocycles. The fraction of sp³-hybridized carbons (Fsp3) is 0.0909. The Labute approximate surface area is 96.5 Å². The van der Waals surface area contributed by atoms with Crippen LogP contribution in [0.1, 0.15) is 16.1 Å². The molecule has 0 N–H and O–H groups in total. The first-order valence-electron chi connectivity index (χ1n) is 4.40. The summed E-state index contributed by atoms with van der Waals surface area (Å²) in [5, 5.41) is 1.53. The Morgan fingerprint density at radius 1 is 1.40 bits per heavy atom. The van der Waals surface area contributed by atoms with E-state index in [0.717, 1.165) is 10.6 Å². The van der Waals surface area contributed by atoms with Gasteiger partial charge in [0.05, 0.1) is 21.8 Å². The van der Waals surface area contributed by atoms with Gasteiger partial charge in [-0.15, -0.1) is 11.3 Å². The zero-order valence-electron chi connectivity index (χ0n) is 8.03. The summed E-state index contributed by atoms with van der Waals surface area (Å²) < 4.78 is 0. The number of halogens is 1. The summed E-state index contributed by atoms with van der Waals surface area (Å²) >= 11 is 7.03. The average molecular weight is 238 g/mol. The molecular formula is C11H8ClNOS. The maximum absolute atomic E-state index is 11.0. The molecule has 0 fully saturated rings. The SMILES string of the molecule is Cc1nc(-c2cccs2)ccc1C(=O)Cl. The zero-order chi connectivity index (χ0) is 10.8. The highest BCUT2D eigenvalue weighted by Gasteiger charge is 2.08. The summed E-state index contributed by atoms with van der Waals surface area (Å²) in [6.45, 7) is 1.78. The van der Waals surface area contributed by atoms with E-state index in [0.29, 0.717) is 11.3 Å². The Balaban J connectivity index is 2.47. The van der Waals surface area contributed by atoms with Crippen molar-refractivity contribution >= 4 is 28.2 Å². The third-order valence-electron chi connectivity index (χ3n) is 2.07. The summed E-state index contributed by atoms with van der Waals surface area (Å²) in [7, 11) is 0. The van der Waals surface area contributed by atoms with E-state index in [1.165, 1.54) is 0 Å². The quantitative estimate of drug-likeness (QED) is 0.749. The van der Waals surface area contributed by atoms with Crippen molar-refractivity contribution in [1.82, 2.24) is 4.98 Å². The second-order valence-electron chi connectivity index (χ2n) is 3.08. The molecule has 15 heavy (non-hydrogen) atoms. The molecule has 2 rings (SSSR count). The lowest BCUT2D eigenvalue weighted by atomic mass is 10.2. The number of thiophene rings is 1. The molecule has 0 aliphatic rings. The molecule has 2 heterocycles. The van der Waals surface area contributed by atoms with E-state index >= 15 is 0 Å². The van der Waals surface area contributed by atoms with Gasteiger partial charge in [0, 0.05) is 0 Å². The molecule has 0 radical (unpaired) electrons. The second-order valence-corrected chi connectivity index (χ2v) is 4.37. The molecule has 0 saturated heterocycles. The normalized spacial score (nSPS) is 10.3. The van der Waals surface area contributed by atoms with Crippen LogP contribution in [0.3, 0.4) is 0 Å². The van der Waals surface area contributed by atoms with Crippen molar-refractivity contribution in [3.63, 3.8) is 0 Å². The van der Waals surface area contributed by atoms with Crippen molar-refractivity contribution < 1.29 is 4.79 Å². The number of rotatable bonds is 2. The van der Waals surface area contributed by atoms with Crippen molar-refractivity contribution in [2.45, 2.75) is 6.92 Å². The lowest BCUT2D eigenvalue weighted by molar-refractivity contribution is 0.108. The predicted molar refractivity (Wildman–Crippen MR) is 62.5 cm³/mol. The maximum atomic E-state index is 11.0. The van der Waals surface area contributed by atoms with E-state index in [1.54, 1.807) is 24.3 Å². The number of aromatic nitrogens is 1. The highest BCUT2D eigenvalue weighted by Crippen LogP contribution is 2.24. The van der Waals surface area contributed by atoms with Crippen LogP contribution < -0.4 is 0 Å². The van der Waals surface area contributed by atoms with Gasteiger partial charge in [0.1, 0.15) is 0 Å². The van der Waals surface area contributed by atoms with Crippen molar-refractivity contribution in [2.24, 2.45) is 0 Å². The van der Waals surface area contributed by atoms with Crippen molar-refractivity contribution in [3.05, 3.63) is 40.9 Å². The zero-order valence-corrected chi connectivity index (χ0v) is 9.60. The number of aryl methyl sites for hydroxylation is 1. The molecule has 76 valence electrons. The predicted octanol–water partition coefficient (Wildman–Crippen LogP) is 3.50. The van der Waals surface area contributed by atoms with Gasteiger partial charge in [-0.3, -0.25) is 9.78 Å². The van der Waals surface area contributed by atoms with Gasteiger partial charge in [0.15, 0.2) is 0 Å². The van der Waals surface area contributed by atoms with Gasteiger partial charge in [-0.2, -0.15) is 0 Å². The van der Waals surface area contributed by atoms with Gasteiger partial charge >= 0.3 is 0 Å². The molecular weight excluding hydrogens is 230 g/mol. The Kier molecular flexibility index (Phi) is 2.84. The van der Waals surface area contributed by atoms with Crippen LogP contribution in [0.15, 0.2) is 29.6 Å². The summed E-state index contributed by atoms with van der Waals surface area (Å²) in [5.41, 5.74) is 2.02. The van der Waals surface area contributed by atoms with Gasteiger partial charge < -0.3 is 0 Å². The highest BCUT2D eigenvalue weighted by molar-refractivity contribution is 7.13. The topological polar surface area (TPSA) is 30.0 Å². The molecule has 0 saturated carbocycles. The molecule has 0 unspecified atom stereocenters.